The van der Waals surface area contributed by atoms with Gasteiger partial charge in [0.15, 0.2) is 11.5 Å². The van der Waals surface area contributed by atoms with Crippen molar-refractivity contribution in [1.82, 2.24) is 14.6 Å². The van der Waals surface area contributed by atoms with Gasteiger partial charge in [0.05, 0.1) is 31.4 Å². The van der Waals surface area contributed by atoms with Crippen molar-refractivity contribution in [1.29, 1.82) is 0 Å². The van der Waals surface area contributed by atoms with Gasteiger partial charge in [-0.25, -0.2) is 18.3 Å². The number of carbonyl (C=O) groups is 1. The van der Waals surface area contributed by atoms with Crippen molar-refractivity contribution in [2.75, 3.05) is 14.2 Å². The van der Waals surface area contributed by atoms with Gasteiger partial charge in [0, 0.05) is 24.6 Å². The molecule has 8 nitrogen and oxygen atoms in total. The SMILES string of the molecule is COc1cc(OCc2cccc(CC(=O)c3ccc(F)cc3F)c2)c2cc(-c3cn4nc(OC)sc4n3)oc2c1. The van der Waals surface area contributed by atoms with Crippen LogP contribution in [0.1, 0.15) is 21.5 Å². The molecule has 40 heavy (non-hydrogen) atoms. The number of halogens is 2. The monoisotopic (exact) mass is 561 g/mol. The molecule has 11 heteroatoms. The normalized spacial score (nSPS) is 11.3. The van der Waals surface area contributed by atoms with Crippen molar-refractivity contribution in [3.63, 3.8) is 0 Å². The predicted octanol–water partition coefficient (Wildman–Crippen LogP) is 6.50. The average molecular weight is 562 g/mol. The molecule has 0 amide bonds. The van der Waals surface area contributed by atoms with Crippen molar-refractivity contribution in [3.05, 3.63) is 95.2 Å². The zero-order chi connectivity index (χ0) is 27.8. The summed E-state index contributed by atoms with van der Waals surface area (Å²) in [7, 11) is 3.11. The van der Waals surface area contributed by atoms with E-state index in [9.17, 15) is 13.6 Å². The van der Waals surface area contributed by atoms with Crippen LogP contribution >= 0.6 is 11.3 Å². The van der Waals surface area contributed by atoms with E-state index in [2.05, 4.69) is 10.1 Å². The van der Waals surface area contributed by atoms with Gasteiger partial charge in [0.25, 0.3) is 5.19 Å². The van der Waals surface area contributed by atoms with E-state index < -0.39 is 17.4 Å². The van der Waals surface area contributed by atoms with Crippen LogP contribution in [0.3, 0.4) is 0 Å². The largest absolute Gasteiger partial charge is 0.496 e. The number of ketones is 1. The third kappa shape index (κ3) is 4.98. The van der Waals surface area contributed by atoms with Crippen LogP contribution in [0.15, 0.2) is 71.3 Å². The highest BCUT2D eigenvalue weighted by molar-refractivity contribution is 7.18. The van der Waals surface area contributed by atoms with Crippen LogP contribution in [0.2, 0.25) is 0 Å². The Morgan fingerprint density at radius 2 is 1.88 bits per heavy atom. The van der Waals surface area contributed by atoms with Crippen molar-refractivity contribution in [2.45, 2.75) is 13.0 Å². The van der Waals surface area contributed by atoms with E-state index in [0.29, 0.717) is 50.3 Å². The summed E-state index contributed by atoms with van der Waals surface area (Å²) in [5, 5.41) is 5.54. The summed E-state index contributed by atoms with van der Waals surface area (Å²) >= 11 is 1.32. The van der Waals surface area contributed by atoms with Crippen LogP contribution in [-0.4, -0.2) is 34.6 Å². The third-order valence-corrected chi connectivity index (χ3v) is 7.13. The number of benzene rings is 3. The van der Waals surface area contributed by atoms with Crippen LogP contribution in [0.5, 0.6) is 16.7 Å². The lowest BCUT2D eigenvalue weighted by atomic mass is 10.0. The molecule has 0 unspecified atom stereocenters. The van der Waals surface area contributed by atoms with Gasteiger partial charge < -0.3 is 18.6 Å². The molecule has 3 heterocycles. The summed E-state index contributed by atoms with van der Waals surface area (Å²) in [6, 6.07) is 15.6. The number of furan rings is 1. The number of ether oxygens (including phenoxy) is 3. The van der Waals surface area contributed by atoms with Crippen molar-refractivity contribution in [2.24, 2.45) is 0 Å². The Kier molecular flexibility index (Phi) is 6.64. The molecule has 0 aliphatic heterocycles. The molecule has 6 aromatic rings. The molecule has 0 aliphatic carbocycles. The molecule has 0 spiro atoms. The van der Waals surface area contributed by atoms with Gasteiger partial charge >= 0.3 is 0 Å². The average Bonchev–Trinajstić information content (AvgIpc) is 3.64. The molecule has 0 N–H and O–H groups in total. The molecule has 202 valence electrons. The number of carbonyl (C=O) groups excluding carboxylic acids is 1. The summed E-state index contributed by atoms with van der Waals surface area (Å²) in [4.78, 5) is 17.9. The van der Waals surface area contributed by atoms with E-state index in [4.69, 9.17) is 18.6 Å². The third-order valence-electron chi connectivity index (χ3n) is 6.24. The molecule has 0 aliphatic rings. The minimum Gasteiger partial charge on any atom is -0.496 e. The fourth-order valence-corrected chi connectivity index (χ4v) is 5.02. The van der Waals surface area contributed by atoms with E-state index in [1.54, 1.807) is 49.2 Å². The molecule has 0 atom stereocenters. The van der Waals surface area contributed by atoms with Gasteiger partial charge in [-0.3, -0.25) is 4.79 Å². The molecule has 0 saturated heterocycles. The summed E-state index contributed by atoms with van der Waals surface area (Å²) < 4.78 is 51.7. The molecule has 0 bridgehead atoms. The van der Waals surface area contributed by atoms with Crippen LogP contribution in [0.4, 0.5) is 8.78 Å². The zero-order valence-electron chi connectivity index (χ0n) is 21.3. The lowest BCUT2D eigenvalue weighted by Gasteiger charge is -2.10. The second-order valence-corrected chi connectivity index (χ2v) is 9.82. The summed E-state index contributed by atoms with van der Waals surface area (Å²) in [5.41, 5.74) is 2.51. The first-order valence-corrected chi connectivity index (χ1v) is 12.9. The maximum atomic E-state index is 14.0. The van der Waals surface area contributed by atoms with Crippen molar-refractivity contribution in [3.8, 4) is 28.1 Å². The number of hydrogen-bond donors (Lipinski definition) is 0. The van der Waals surface area contributed by atoms with Gasteiger partial charge in [-0.2, -0.15) is 0 Å². The first kappa shape index (κ1) is 25.5. The Hall–Kier alpha value is -4.77. The second-order valence-electron chi connectivity index (χ2n) is 8.91. The highest BCUT2D eigenvalue weighted by Crippen LogP contribution is 2.37. The molecule has 0 saturated carbocycles. The molecular weight excluding hydrogens is 540 g/mol. The number of nitrogens with zero attached hydrogens (tertiary/aromatic N) is 3. The van der Waals surface area contributed by atoms with Crippen LogP contribution in [-0.2, 0) is 13.0 Å². The standard InChI is InChI=1S/C29H21F2N3O5S/c1-36-19-11-25(21-13-27(39-26(21)12-19)23-14-34-28(32-23)40-29(33-34)37-2)38-15-17-5-3-4-16(8-17)9-24(35)20-7-6-18(30)10-22(20)31/h3-8,10-14H,9,15H2,1-2H3. The molecule has 6 rings (SSSR count). The Morgan fingerprint density at radius 1 is 1.02 bits per heavy atom. The zero-order valence-corrected chi connectivity index (χ0v) is 22.1. The van der Waals surface area contributed by atoms with Gasteiger partial charge in [0.1, 0.15) is 41.0 Å². The highest BCUT2D eigenvalue weighted by atomic mass is 32.1. The van der Waals surface area contributed by atoms with E-state index in [0.717, 1.165) is 23.1 Å². The summed E-state index contributed by atoms with van der Waals surface area (Å²) in [6.07, 6.45) is 1.72. The Labute approximate surface area is 230 Å². The number of rotatable bonds is 9. The van der Waals surface area contributed by atoms with E-state index in [1.807, 2.05) is 18.2 Å². The number of aromatic nitrogens is 3. The number of hydrogen-bond acceptors (Lipinski definition) is 8. The van der Waals surface area contributed by atoms with Gasteiger partial charge in [0.2, 0.25) is 4.96 Å². The maximum Gasteiger partial charge on any atom is 0.294 e. The first-order chi connectivity index (χ1) is 19.4. The summed E-state index contributed by atoms with van der Waals surface area (Å²) in [6.45, 7) is 0.194. The molecule has 3 aromatic carbocycles. The molecular formula is C29H21F2N3O5S. The van der Waals surface area contributed by atoms with Crippen LogP contribution in [0.25, 0.3) is 27.4 Å². The quantitative estimate of drug-likeness (QED) is 0.186. The number of methoxy groups -OCH3 is 2. The number of Topliss-reactive ketones (excluding diaryl/α,β-unsaturated/α-hetero) is 1. The van der Waals surface area contributed by atoms with Crippen LogP contribution < -0.4 is 14.2 Å². The van der Waals surface area contributed by atoms with Crippen molar-refractivity contribution >= 4 is 33.1 Å². The number of imidazole rings is 1. The van der Waals surface area contributed by atoms with Crippen molar-refractivity contribution < 1.29 is 32.2 Å². The fourth-order valence-electron chi connectivity index (χ4n) is 4.32. The molecule has 0 fully saturated rings. The highest BCUT2D eigenvalue weighted by Gasteiger charge is 2.18. The smallest absolute Gasteiger partial charge is 0.294 e. The van der Waals surface area contributed by atoms with E-state index >= 15 is 0 Å². The second kappa shape index (κ2) is 10.4. The van der Waals surface area contributed by atoms with Gasteiger partial charge in [-0.1, -0.05) is 24.3 Å². The first-order valence-electron chi connectivity index (χ1n) is 12.1. The molecule has 0 radical (unpaired) electrons. The lowest BCUT2D eigenvalue weighted by Crippen LogP contribution is -2.07. The Morgan fingerprint density at radius 3 is 2.65 bits per heavy atom. The van der Waals surface area contributed by atoms with Gasteiger partial charge in [-0.15, -0.1) is 5.10 Å². The lowest BCUT2D eigenvalue weighted by molar-refractivity contribution is 0.0989. The molecule has 3 aromatic heterocycles. The Bertz CT molecular complexity index is 1850. The van der Waals surface area contributed by atoms with Crippen LogP contribution in [0, 0.1) is 11.6 Å². The predicted molar refractivity (Wildman–Crippen MR) is 144 cm³/mol. The summed E-state index contributed by atoms with van der Waals surface area (Å²) in [5.74, 6) is -0.409. The minimum absolute atomic E-state index is 0.0340. The fraction of sp³-hybridized carbons (Fsp3) is 0.138. The van der Waals surface area contributed by atoms with E-state index in [1.165, 1.54) is 11.3 Å². The minimum atomic E-state index is -0.877. The van der Waals surface area contributed by atoms with E-state index in [-0.39, 0.29) is 18.6 Å². The maximum absolute atomic E-state index is 14.0. The Balaban J connectivity index is 1.23. The topological polar surface area (TPSA) is 88.1 Å². The number of fused-ring (bicyclic) bond motifs is 2. The van der Waals surface area contributed by atoms with Gasteiger partial charge in [-0.05, 0) is 40.7 Å².